The number of nitrogens with zero attached hydrogens (tertiary/aromatic N) is 3. The Morgan fingerprint density at radius 2 is 1.90 bits per heavy atom. The van der Waals surface area contributed by atoms with Gasteiger partial charge >= 0.3 is 0 Å². The van der Waals surface area contributed by atoms with Crippen LogP contribution < -0.4 is 4.74 Å². The molecule has 0 amide bonds. The van der Waals surface area contributed by atoms with Crippen molar-refractivity contribution in [2.75, 3.05) is 0 Å². The lowest BCUT2D eigenvalue weighted by molar-refractivity contribution is 0.242. The van der Waals surface area contributed by atoms with Gasteiger partial charge in [0.1, 0.15) is 11.3 Å². The second kappa shape index (κ2) is 5.04. The van der Waals surface area contributed by atoms with Crippen molar-refractivity contribution in [3.63, 3.8) is 0 Å². The van der Waals surface area contributed by atoms with Crippen LogP contribution in [0.15, 0.2) is 24.3 Å². The van der Waals surface area contributed by atoms with Crippen LogP contribution in [0.1, 0.15) is 19.5 Å². The maximum Gasteiger partial charge on any atom is 0.184 e. The minimum atomic E-state index is 0.164. The maximum absolute atomic E-state index is 5.67. The Morgan fingerprint density at radius 3 is 2.52 bits per heavy atom. The Kier molecular flexibility index (Phi) is 3.33. The Morgan fingerprint density at radius 1 is 1.24 bits per heavy atom. The fourth-order valence-electron chi connectivity index (χ4n) is 2.49. The van der Waals surface area contributed by atoms with Crippen molar-refractivity contribution >= 4 is 23.4 Å². The van der Waals surface area contributed by atoms with Crippen molar-refractivity contribution < 1.29 is 4.74 Å². The molecular weight excluding hydrogens is 284 g/mol. The van der Waals surface area contributed by atoms with Crippen molar-refractivity contribution in [2.24, 2.45) is 7.05 Å². The van der Waals surface area contributed by atoms with Gasteiger partial charge in [-0.15, -0.1) is 0 Å². The first kappa shape index (κ1) is 13.9. The molecule has 6 heteroatoms. The number of nitrogens with one attached hydrogen (secondary N) is 1. The molecule has 0 bridgehead atoms. The average Bonchev–Trinajstić information content (AvgIpc) is 2.88. The van der Waals surface area contributed by atoms with Crippen LogP contribution in [0.5, 0.6) is 5.75 Å². The molecule has 110 valence electrons. The minimum absolute atomic E-state index is 0.164. The van der Waals surface area contributed by atoms with E-state index in [0.717, 1.165) is 28.3 Å². The summed E-state index contributed by atoms with van der Waals surface area (Å²) in [4.78, 5) is 3.22. The molecule has 0 unspecified atom stereocenters. The molecule has 0 aliphatic rings. The zero-order valence-corrected chi connectivity index (χ0v) is 13.4. The molecule has 0 saturated carbocycles. The summed E-state index contributed by atoms with van der Waals surface area (Å²) in [5.74, 6) is 0.855. The molecule has 1 N–H and O–H groups in total. The first-order valence-electron chi connectivity index (χ1n) is 6.89. The van der Waals surface area contributed by atoms with Crippen LogP contribution >= 0.6 is 12.2 Å². The Labute approximate surface area is 128 Å². The van der Waals surface area contributed by atoms with E-state index in [1.54, 1.807) is 0 Å². The second-order valence-corrected chi connectivity index (χ2v) is 5.72. The van der Waals surface area contributed by atoms with Gasteiger partial charge in [0.2, 0.25) is 0 Å². The third kappa shape index (κ3) is 2.35. The summed E-state index contributed by atoms with van der Waals surface area (Å²) in [6, 6.07) is 7.92. The predicted molar refractivity (Wildman–Crippen MR) is 85.7 cm³/mol. The van der Waals surface area contributed by atoms with Gasteiger partial charge in [-0.2, -0.15) is 5.10 Å². The molecule has 0 spiro atoms. The molecule has 2 aromatic heterocycles. The number of rotatable bonds is 3. The van der Waals surface area contributed by atoms with E-state index in [1.165, 1.54) is 0 Å². The predicted octanol–water partition coefficient (Wildman–Crippen LogP) is 3.52. The summed E-state index contributed by atoms with van der Waals surface area (Å²) < 4.78 is 10.2. The third-order valence-electron chi connectivity index (χ3n) is 3.31. The first-order valence-corrected chi connectivity index (χ1v) is 7.29. The van der Waals surface area contributed by atoms with Gasteiger partial charge in [-0.1, -0.05) is 0 Å². The van der Waals surface area contributed by atoms with Gasteiger partial charge in [-0.05, 0) is 57.3 Å². The van der Waals surface area contributed by atoms with Gasteiger partial charge < -0.3 is 9.72 Å². The molecule has 2 heterocycles. The molecule has 1 aromatic carbocycles. The summed E-state index contributed by atoms with van der Waals surface area (Å²) in [7, 11) is 1.92. The Balaban J connectivity index is 2.12. The molecule has 21 heavy (non-hydrogen) atoms. The molecule has 5 nitrogen and oxygen atoms in total. The quantitative estimate of drug-likeness (QED) is 0.753. The molecular formula is C15H18N4OS. The summed E-state index contributed by atoms with van der Waals surface area (Å²) >= 11 is 5.45. The molecule has 0 radical (unpaired) electrons. The van der Waals surface area contributed by atoms with Gasteiger partial charge in [0, 0.05) is 7.05 Å². The van der Waals surface area contributed by atoms with E-state index >= 15 is 0 Å². The highest BCUT2D eigenvalue weighted by Gasteiger charge is 2.14. The summed E-state index contributed by atoms with van der Waals surface area (Å²) in [5.41, 5.74) is 3.88. The third-order valence-corrected chi connectivity index (χ3v) is 3.59. The smallest absolute Gasteiger partial charge is 0.184 e. The highest BCUT2D eigenvalue weighted by Crippen LogP contribution is 2.23. The lowest BCUT2D eigenvalue weighted by Gasteiger charge is -2.10. The van der Waals surface area contributed by atoms with Crippen LogP contribution in [0, 0.1) is 11.7 Å². The van der Waals surface area contributed by atoms with Crippen molar-refractivity contribution in [3.05, 3.63) is 34.7 Å². The van der Waals surface area contributed by atoms with E-state index in [2.05, 4.69) is 10.1 Å². The van der Waals surface area contributed by atoms with E-state index in [0.29, 0.717) is 4.77 Å². The number of aryl methyl sites for hydroxylation is 2. The van der Waals surface area contributed by atoms with Gasteiger partial charge in [-0.3, -0.25) is 4.57 Å². The highest BCUT2D eigenvalue weighted by atomic mass is 32.1. The van der Waals surface area contributed by atoms with Gasteiger partial charge in [0.15, 0.2) is 10.4 Å². The Bertz CT molecular complexity index is 839. The topological polar surface area (TPSA) is 47.8 Å². The molecule has 0 aliphatic heterocycles. The number of hydrogen-bond acceptors (Lipinski definition) is 3. The minimum Gasteiger partial charge on any atom is -0.491 e. The van der Waals surface area contributed by atoms with Gasteiger partial charge in [-0.25, -0.2) is 4.68 Å². The number of aromatic nitrogens is 4. The zero-order valence-electron chi connectivity index (χ0n) is 12.5. The molecule has 3 rings (SSSR count). The zero-order chi connectivity index (χ0) is 15.1. The van der Waals surface area contributed by atoms with Crippen LogP contribution in [0.25, 0.3) is 16.9 Å². The lowest BCUT2D eigenvalue weighted by atomic mass is 10.3. The van der Waals surface area contributed by atoms with Crippen molar-refractivity contribution in [1.82, 2.24) is 19.3 Å². The van der Waals surface area contributed by atoms with Gasteiger partial charge in [0.25, 0.3) is 0 Å². The monoisotopic (exact) mass is 302 g/mol. The fourth-order valence-corrected chi connectivity index (χ4v) is 2.79. The maximum atomic E-state index is 5.67. The van der Waals surface area contributed by atoms with Crippen molar-refractivity contribution in [3.8, 4) is 11.4 Å². The van der Waals surface area contributed by atoms with E-state index in [1.807, 2.05) is 61.3 Å². The van der Waals surface area contributed by atoms with E-state index in [4.69, 9.17) is 17.0 Å². The van der Waals surface area contributed by atoms with Crippen LogP contribution in [0.3, 0.4) is 0 Å². The normalized spacial score (nSPS) is 11.5. The van der Waals surface area contributed by atoms with Crippen LogP contribution in [0.4, 0.5) is 0 Å². The number of benzene rings is 1. The number of fused-ring (bicyclic) bond motifs is 1. The largest absolute Gasteiger partial charge is 0.491 e. The number of hydrogen-bond donors (Lipinski definition) is 1. The summed E-state index contributed by atoms with van der Waals surface area (Å²) in [6.45, 7) is 5.99. The number of imidazole rings is 1. The highest BCUT2D eigenvalue weighted by molar-refractivity contribution is 7.71. The van der Waals surface area contributed by atoms with E-state index in [9.17, 15) is 0 Å². The summed E-state index contributed by atoms with van der Waals surface area (Å²) in [5, 5.41) is 4.43. The number of H-pyrrole nitrogens is 1. The van der Waals surface area contributed by atoms with Crippen LogP contribution in [-0.4, -0.2) is 25.4 Å². The lowest BCUT2D eigenvalue weighted by Crippen LogP contribution is -2.05. The van der Waals surface area contributed by atoms with Crippen LogP contribution in [0.2, 0.25) is 0 Å². The molecule has 0 fully saturated rings. The average molecular weight is 302 g/mol. The fraction of sp³-hybridized carbons (Fsp3) is 0.333. The number of aromatic amines is 1. The summed E-state index contributed by atoms with van der Waals surface area (Å²) in [6.07, 6.45) is 0.164. The second-order valence-electron chi connectivity index (χ2n) is 5.33. The van der Waals surface area contributed by atoms with E-state index in [-0.39, 0.29) is 6.10 Å². The molecule has 0 saturated heterocycles. The molecule has 3 aromatic rings. The van der Waals surface area contributed by atoms with E-state index < -0.39 is 0 Å². The SMILES string of the molecule is Cc1nn(C)c2c1[nH]c(=S)n2-c1ccc(OC(C)C)cc1. The van der Waals surface area contributed by atoms with Crippen molar-refractivity contribution in [2.45, 2.75) is 26.9 Å². The molecule has 0 aliphatic carbocycles. The Hall–Kier alpha value is -2.08. The standard InChI is InChI=1S/C15H18N4OS/c1-9(2)20-12-7-5-11(6-8-12)19-14-13(16-15(19)21)10(3)17-18(14)4/h5-9H,1-4H3,(H,16,21). The first-order chi connectivity index (χ1) is 9.97. The van der Waals surface area contributed by atoms with Gasteiger partial charge in [0.05, 0.1) is 17.5 Å². The van der Waals surface area contributed by atoms with Crippen molar-refractivity contribution in [1.29, 1.82) is 0 Å². The molecule has 0 atom stereocenters. The van der Waals surface area contributed by atoms with Crippen LogP contribution in [-0.2, 0) is 7.05 Å². The number of ether oxygens (including phenoxy) is 1.